The number of aryl methyl sites for hydroxylation is 1. The van der Waals surface area contributed by atoms with Crippen LogP contribution in [0.4, 0.5) is 0 Å². The van der Waals surface area contributed by atoms with E-state index in [1.54, 1.807) is 6.92 Å². The molecule has 0 saturated carbocycles. The van der Waals surface area contributed by atoms with Crippen LogP contribution in [0.25, 0.3) is 27.4 Å². The smallest absolute Gasteiger partial charge is 0.165 e. The van der Waals surface area contributed by atoms with Crippen molar-refractivity contribution in [3.05, 3.63) is 53.5 Å². The maximum Gasteiger partial charge on any atom is 0.165 e. The Kier molecular flexibility index (Phi) is 3.37. The molecule has 4 heteroatoms. The molecule has 0 unspecified atom stereocenters. The molecule has 4 nitrogen and oxygen atoms in total. The number of aliphatic hydroxyl groups excluding tert-OH is 1. The molecule has 3 aromatic rings. The van der Waals surface area contributed by atoms with Crippen molar-refractivity contribution in [3.8, 4) is 0 Å². The Bertz CT molecular complexity index is 938. The lowest BCUT2D eigenvalue weighted by Gasteiger charge is -2.10. The number of hydrogen-bond donors (Lipinski definition) is 1. The molecule has 0 aliphatic carbocycles. The molecule has 0 aliphatic heterocycles. The predicted octanol–water partition coefficient (Wildman–Crippen LogP) is 3.97. The van der Waals surface area contributed by atoms with Gasteiger partial charge in [-0.3, -0.25) is 4.79 Å². The number of nitrogens with zero attached hydrogens (tertiary/aromatic N) is 2. The molecule has 0 radical (unpaired) electrons. The minimum Gasteiger partial charge on any atom is -0.512 e. The van der Waals surface area contributed by atoms with E-state index in [-0.39, 0.29) is 17.1 Å². The Balaban J connectivity index is 2.34. The van der Waals surface area contributed by atoms with Crippen LogP contribution in [-0.2, 0) is 4.79 Å². The number of fused-ring (bicyclic) bond motifs is 2. The van der Waals surface area contributed by atoms with E-state index >= 15 is 0 Å². The second-order valence-corrected chi connectivity index (χ2v) is 5.36. The van der Waals surface area contributed by atoms with Crippen molar-refractivity contribution >= 4 is 33.2 Å². The molecule has 1 heterocycles. The van der Waals surface area contributed by atoms with Crippen LogP contribution < -0.4 is 0 Å². The number of benzene rings is 2. The van der Waals surface area contributed by atoms with Gasteiger partial charge in [-0.1, -0.05) is 24.3 Å². The first-order valence-electron chi connectivity index (χ1n) is 7.05. The highest BCUT2D eigenvalue weighted by Crippen LogP contribution is 2.25. The summed E-state index contributed by atoms with van der Waals surface area (Å²) < 4.78 is 0. The van der Waals surface area contributed by atoms with Crippen LogP contribution in [0.5, 0.6) is 0 Å². The molecular formula is C18H16N2O2. The minimum atomic E-state index is -0.225. The molecule has 0 saturated heterocycles. The predicted molar refractivity (Wildman–Crippen MR) is 87.7 cm³/mol. The van der Waals surface area contributed by atoms with Crippen LogP contribution in [0.1, 0.15) is 25.2 Å². The largest absolute Gasteiger partial charge is 0.512 e. The van der Waals surface area contributed by atoms with Crippen LogP contribution in [0, 0.1) is 6.92 Å². The fourth-order valence-corrected chi connectivity index (χ4v) is 2.66. The lowest BCUT2D eigenvalue weighted by molar-refractivity contribution is -0.111. The van der Waals surface area contributed by atoms with Crippen molar-refractivity contribution in [2.24, 2.45) is 0 Å². The molecule has 2 aromatic carbocycles. The lowest BCUT2D eigenvalue weighted by atomic mass is 10.0. The van der Waals surface area contributed by atoms with Gasteiger partial charge in [0.25, 0.3) is 0 Å². The fourth-order valence-electron chi connectivity index (χ4n) is 2.66. The molecule has 0 fully saturated rings. The molecule has 0 atom stereocenters. The monoisotopic (exact) mass is 292 g/mol. The number of carbonyl (C=O) groups is 1. The quantitative estimate of drug-likeness (QED) is 0.441. The third-order valence-electron chi connectivity index (χ3n) is 3.66. The number of aliphatic hydroxyl groups is 1. The van der Waals surface area contributed by atoms with E-state index in [1.165, 1.54) is 13.8 Å². The zero-order valence-corrected chi connectivity index (χ0v) is 12.7. The van der Waals surface area contributed by atoms with Crippen molar-refractivity contribution in [2.45, 2.75) is 20.8 Å². The van der Waals surface area contributed by atoms with Crippen molar-refractivity contribution in [3.63, 3.8) is 0 Å². The summed E-state index contributed by atoms with van der Waals surface area (Å²) in [5, 5.41) is 12.0. The summed E-state index contributed by atoms with van der Waals surface area (Å²) in [6.07, 6.45) is 0. The Labute approximate surface area is 128 Å². The average Bonchev–Trinajstić information content (AvgIpc) is 2.45. The normalized spacial score (nSPS) is 12.5. The van der Waals surface area contributed by atoms with E-state index in [2.05, 4.69) is 9.97 Å². The molecule has 110 valence electrons. The van der Waals surface area contributed by atoms with Gasteiger partial charge in [-0.05, 0) is 43.7 Å². The zero-order valence-electron chi connectivity index (χ0n) is 12.7. The molecular weight excluding hydrogens is 276 g/mol. The Morgan fingerprint density at radius 3 is 2.05 bits per heavy atom. The number of allylic oxidation sites excluding steroid dienone is 2. The van der Waals surface area contributed by atoms with E-state index in [0.717, 1.165) is 16.3 Å². The van der Waals surface area contributed by atoms with Gasteiger partial charge < -0.3 is 5.11 Å². The molecule has 1 aromatic heterocycles. The van der Waals surface area contributed by atoms with E-state index in [9.17, 15) is 9.90 Å². The van der Waals surface area contributed by atoms with Gasteiger partial charge in [-0.25, -0.2) is 9.97 Å². The summed E-state index contributed by atoms with van der Waals surface area (Å²) in [4.78, 5) is 20.9. The maximum absolute atomic E-state index is 11.8. The molecule has 1 N–H and O–H groups in total. The van der Waals surface area contributed by atoms with E-state index in [1.807, 2.05) is 36.4 Å². The summed E-state index contributed by atoms with van der Waals surface area (Å²) in [6.45, 7) is 4.70. The highest BCUT2D eigenvalue weighted by molar-refractivity contribution is 6.20. The maximum atomic E-state index is 11.8. The Hall–Kier alpha value is -2.75. The number of carbonyl (C=O) groups excluding carboxylic acids is 1. The zero-order chi connectivity index (χ0) is 15.9. The molecule has 0 bridgehead atoms. The first kappa shape index (κ1) is 14.2. The van der Waals surface area contributed by atoms with E-state index in [0.29, 0.717) is 16.9 Å². The van der Waals surface area contributed by atoms with Crippen molar-refractivity contribution in [1.29, 1.82) is 0 Å². The summed E-state index contributed by atoms with van der Waals surface area (Å²) in [5.74, 6) is -0.262. The van der Waals surface area contributed by atoms with Gasteiger partial charge in [0.15, 0.2) is 5.78 Å². The molecule has 0 spiro atoms. The lowest BCUT2D eigenvalue weighted by Crippen LogP contribution is -2.06. The molecule has 0 amide bonds. The van der Waals surface area contributed by atoms with Gasteiger partial charge in [0.2, 0.25) is 0 Å². The first-order chi connectivity index (χ1) is 10.5. The summed E-state index contributed by atoms with van der Waals surface area (Å²) >= 11 is 0. The van der Waals surface area contributed by atoms with Gasteiger partial charge in [0.05, 0.1) is 28.0 Å². The highest BCUT2D eigenvalue weighted by Gasteiger charge is 2.17. The summed E-state index contributed by atoms with van der Waals surface area (Å²) in [6, 6.07) is 11.9. The third kappa shape index (κ3) is 2.33. The number of aromatic nitrogens is 2. The van der Waals surface area contributed by atoms with Crippen LogP contribution in [0.2, 0.25) is 0 Å². The third-order valence-corrected chi connectivity index (χ3v) is 3.66. The Morgan fingerprint density at radius 2 is 1.55 bits per heavy atom. The molecule has 0 aliphatic rings. The van der Waals surface area contributed by atoms with E-state index in [4.69, 9.17) is 0 Å². The summed E-state index contributed by atoms with van der Waals surface area (Å²) in [7, 11) is 0. The highest BCUT2D eigenvalue weighted by atomic mass is 16.3. The standard InChI is InChI=1S/C18H16N2O2/c1-10-18(17(11(2)21)12(3)22)20-16-9-14-7-5-4-6-13(14)8-15(16)19-10/h4-9,21H,1-3H3/b17-11-. The number of Topliss-reactive ketones (excluding diaryl/α,β-unsaturated/α-hetero) is 1. The van der Waals surface area contributed by atoms with Gasteiger partial charge in [-0.15, -0.1) is 0 Å². The van der Waals surface area contributed by atoms with Gasteiger partial charge in [0.1, 0.15) is 5.76 Å². The number of rotatable bonds is 2. The molecule has 22 heavy (non-hydrogen) atoms. The first-order valence-corrected chi connectivity index (χ1v) is 7.05. The number of hydrogen-bond acceptors (Lipinski definition) is 4. The van der Waals surface area contributed by atoms with Crippen LogP contribution in [0.15, 0.2) is 42.2 Å². The molecule has 3 rings (SSSR count). The van der Waals surface area contributed by atoms with E-state index < -0.39 is 0 Å². The van der Waals surface area contributed by atoms with Crippen LogP contribution in [0.3, 0.4) is 0 Å². The number of ketones is 1. The SMILES string of the molecule is CC(=O)/C(=C(\C)O)c1nc2cc3ccccc3cc2nc1C. The minimum absolute atomic E-state index is 0.0370. The van der Waals surface area contributed by atoms with Crippen LogP contribution in [-0.4, -0.2) is 20.9 Å². The van der Waals surface area contributed by atoms with Crippen molar-refractivity contribution in [2.75, 3.05) is 0 Å². The average molecular weight is 292 g/mol. The fraction of sp³-hybridized carbons (Fsp3) is 0.167. The van der Waals surface area contributed by atoms with Crippen molar-refractivity contribution < 1.29 is 9.90 Å². The van der Waals surface area contributed by atoms with Gasteiger partial charge in [-0.2, -0.15) is 0 Å². The summed E-state index contributed by atoms with van der Waals surface area (Å²) in [5.41, 5.74) is 2.77. The van der Waals surface area contributed by atoms with Gasteiger partial charge >= 0.3 is 0 Å². The topological polar surface area (TPSA) is 63.1 Å². The second kappa shape index (κ2) is 5.22. The van der Waals surface area contributed by atoms with Crippen LogP contribution >= 0.6 is 0 Å². The van der Waals surface area contributed by atoms with Crippen molar-refractivity contribution in [1.82, 2.24) is 9.97 Å². The second-order valence-electron chi connectivity index (χ2n) is 5.36. The Morgan fingerprint density at radius 1 is 1.00 bits per heavy atom. The van der Waals surface area contributed by atoms with Gasteiger partial charge in [0, 0.05) is 0 Å².